The summed E-state index contributed by atoms with van der Waals surface area (Å²) >= 11 is 0. The van der Waals surface area contributed by atoms with Gasteiger partial charge in [-0.15, -0.1) is 6.07 Å². The van der Waals surface area contributed by atoms with E-state index in [-0.39, 0.29) is 31.9 Å². The van der Waals surface area contributed by atoms with E-state index >= 15 is 0 Å². The Labute approximate surface area is 216 Å². The average molecular weight is 637 g/mol. The molecule has 0 atom stereocenters. The molecule has 0 N–H and O–H groups in total. The predicted molar refractivity (Wildman–Crippen MR) is 128 cm³/mol. The molecule has 0 aromatic carbocycles. The van der Waals surface area contributed by atoms with Crippen molar-refractivity contribution < 1.29 is 21.1 Å². The van der Waals surface area contributed by atoms with Gasteiger partial charge in [0.05, 0.1) is 17.5 Å². The molecule has 4 aromatic rings. The Balaban J connectivity index is 0.00000324. The summed E-state index contributed by atoms with van der Waals surface area (Å²) in [6.45, 7) is 16.9. The smallest absolute Gasteiger partial charge is 0.349 e. The largest absolute Gasteiger partial charge is 2.00 e. The number of pyridine rings is 2. The number of aromatic nitrogens is 7. The fourth-order valence-corrected chi connectivity index (χ4v) is 3.34. The summed E-state index contributed by atoms with van der Waals surface area (Å²) in [7, 11) is 0. The van der Waals surface area contributed by atoms with Crippen LogP contribution < -0.4 is 0 Å². The quantitative estimate of drug-likeness (QED) is 0.302. The van der Waals surface area contributed by atoms with Gasteiger partial charge in [0, 0.05) is 23.1 Å². The van der Waals surface area contributed by atoms with Gasteiger partial charge in [0.2, 0.25) is 0 Å². The summed E-state index contributed by atoms with van der Waals surface area (Å²) in [4.78, 5) is 14.1. The number of rotatable bonds is 4. The second-order valence-electron chi connectivity index (χ2n) is 10.9. The molecule has 8 heteroatoms. The average Bonchev–Trinajstić information content (AvgIpc) is 3.44. The van der Waals surface area contributed by atoms with E-state index in [1.807, 2.05) is 42.5 Å². The van der Waals surface area contributed by atoms with Gasteiger partial charge in [-0.25, -0.2) is 5.10 Å². The van der Waals surface area contributed by atoms with Crippen LogP contribution in [0, 0.1) is 12.5 Å². The summed E-state index contributed by atoms with van der Waals surface area (Å²) in [5, 5.41) is 9.26. The first kappa shape index (κ1) is 26.0. The minimum absolute atomic E-state index is 0. The van der Waals surface area contributed by atoms with E-state index in [2.05, 4.69) is 83.1 Å². The molecule has 7 nitrogen and oxygen atoms in total. The fourth-order valence-electron chi connectivity index (χ4n) is 3.34. The van der Waals surface area contributed by atoms with Crippen molar-refractivity contribution in [1.82, 2.24) is 34.5 Å². The summed E-state index contributed by atoms with van der Waals surface area (Å²) < 4.78 is 3.32. The van der Waals surface area contributed by atoms with Gasteiger partial charge in [0.25, 0.3) is 0 Å². The molecule has 0 saturated carbocycles. The normalized spacial score (nSPS) is 12.5. The van der Waals surface area contributed by atoms with E-state index in [4.69, 9.17) is 9.97 Å². The SMILES string of the molecule is CC(C)(C)c1c[c-]n(-c2cccc(C(C)(C)c3cccc(-n4[c-]nc(C(C)(C)C)n4)n3)n2)n1.[Pt+2]. The Morgan fingerprint density at radius 2 is 1.24 bits per heavy atom. The van der Waals surface area contributed by atoms with Gasteiger partial charge < -0.3 is 14.3 Å². The summed E-state index contributed by atoms with van der Waals surface area (Å²) in [6, 6.07) is 13.8. The van der Waals surface area contributed by atoms with Crippen molar-refractivity contribution in [2.45, 2.75) is 71.6 Å². The van der Waals surface area contributed by atoms with Crippen LogP contribution in [-0.2, 0) is 37.3 Å². The van der Waals surface area contributed by atoms with Crippen LogP contribution in [-0.4, -0.2) is 34.5 Å². The van der Waals surface area contributed by atoms with Crippen molar-refractivity contribution in [2.75, 3.05) is 0 Å². The van der Waals surface area contributed by atoms with Crippen molar-refractivity contribution in [2.24, 2.45) is 0 Å². The third-order valence-corrected chi connectivity index (χ3v) is 5.60. The zero-order valence-electron chi connectivity index (χ0n) is 21.0. The number of hydrogen-bond donors (Lipinski definition) is 0. The van der Waals surface area contributed by atoms with Crippen LogP contribution in [0.5, 0.6) is 0 Å². The number of hydrogen-bond acceptors (Lipinski definition) is 5. The third kappa shape index (κ3) is 5.20. The van der Waals surface area contributed by atoms with Crippen molar-refractivity contribution in [1.29, 1.82) is 0 Å². The van der Waals surface area contributed by atoms with Crippen LogP contribution in [0.3, 0.4) is 0 Å². The molecule has 34 heavy (non-hydrogen) atoms. The van der Waals surface area contributed by atoms with E-state index in [0.717, 1.165) is 28.7 Å². The molecule has 0 unspecified atom stereocenters. The van der Waals surface area contributed by atoms with Gasteiger partial charge in [-0.3, -0.25) is 15.1 Å². The summed E-state index contributed by atoms with van der Waals surface area (Å²) in [5.74, 6) is 2.13. The molecule has 0 aliphatic carbocycles. The Hall–Kier alpha value is -2.66. The van der Waals surface area contributed by atoms with Gasteiger partial charge in [-0.2, -0.15) is 0 Å². The monoisotopic (exact) mass is 636 g/mol. The molecule has 0 fully saturated rings. The zero-order chi connectivity index (χ0) is 24.0. The predicted octanol–water partition coefficient (Wildman–Crippen LogP) is 4.76. The minimum Gasteiger partial charge on any atom is -0.349 e. The minimum atomic E-state index is -0.445. The van der Waals surface area contributed by atoms with Crippen LogP contribution in [0.1, 0.15) is 78.3 Å². The first-order valence-electron chi connectivity index (χ1n) is 11.1. The van der Waals surface area contributed by atoms with E-state index in [1.165, 1.54) is 0 Å². The fraction of sp³-hybridized carbons (Fsp3) is 0.423. The van der Waals surface area contributed by atoms with E-state index in [0.29, 0.717) is 5.82 Å². The second-order valence-corrected chi connectivity index (χ2v) is 10.9. The van der Waals surface area contributed by atoms with E-state index in [1.54, 1.807) is 9.36 Å². The Kier molecular flexibility index (Phi) is 7.01. The van der Waals surface area contributed by atoms with Gasteiger partial charge >= 0.3 is 21.1 Å². The van der Waals surface area contributed by atoms with Crippen molar-refractivity contribution in [3.05, 3.63) is 77.9 Å². The van der Waals surface area contributed by atoms with Crippen molar-refractivity contribution >= 4 is 0 Å². The third-order valence-electron chi connectivity index (χ3n) is 5.60. The van der Waals surface area contributed by atoms with Gasteiger partial charge in [-0.05, 0) is 42.5 Å². The molecule has 0 spiro atoms. The molecule has 0 bridgehead atoms. The molecular formula is C26H31N7Pt. The van der Waals surface area contributed by atoms with E-state index < -0.39 is 5.41 Å². The van der Waals surface area contributed by atoms with Gasteiger partial charge in [-0.1, -0.05) is 72.0 Å². The molecule has 4 rings (SSSR count). The van der Waals surface area contributed by atoms with Crippen LogP contribution in [0.15, 0.2) is 42.5 Å². The first-order chi connectivity index (χ1) is 15.4. The topological polar surface area (TPSA) is 74.3 Å². The van der Waals surface area contributed by atoms with Crippen LogP contribution >= 0.6 is 0 Å². The molecule has 0 aliphatic rings. The number of nitrogens with zero attached hydrogens (tertiary/aromatic N) is 7. The Bertz CT molecular complexity index is 1170. The Morgan fingerprint density at radius 1 is 0.676 bits per heavy atom. The van der Waals surface area contributed by atoms with Crippen molar-refractivity contribution in [3.8, 4) is 11.6 Å². The van der Waals surface area contributed by atoms with Crippen LogP contribution in [0.4, 0.5) is 0 Å². The zero-order valence-corrected chi connectivity index (χ0v) is 23.3. The molecular weight excluding hydrogens is 605 g/mol. The van der Waals surface area contributed by atoms with E-state index in [9.17, 15) is 0 Å². The maximum Gasteiger partial charge on any atom is 2.00 e. The summed E-state index contributed by atoms with van der Waals surface area (Å²) in [6.07, 6.45) is 6.15. The van der Waals surface area contributed by atoms with Gasteiger partial charge in [0.1, 0.15) is 0 Å². The maximum absolute atomic E-state index is 4.91. The van der Waals surface area contributed by atoms with Crippen LogP contribution in [0.25, 0.3) is 11.6 Å². The molecule has 4 heterocycles. The maximum atomic E-state index is 4.91. The van der Waals surface area contributed by atoms with Crippen molar-refractivity contribution in [3.63, 3.8) is 0 Å². The van der Waals surface area contributed by atoms with Crippen LogP contribution in [0.2, 0.25) is 0 Å². The molecule has 0 amide bonds. The molecule has 0 radical (unpaired) electrons. The molecule has 4 aromatic heterocycles. The van der Waals surface area contributed by atoms with Gasteiger partial charge in [0.15, 0.2) is 0 Å². The second kappa shape index (κ2) is 9.18. The molecule has 180 valence electrons. The first-order valence-corrected chi connectivity index (χ1v) is 11.1. The standard InChI is InChI=1S/C26H31N7.Pt/c1-24(2,3)18-15-16-32(30-18)21-13-9-11-19(28-21)26(7,8)20-12-10-14-22(29-20)33-17-27-23(31-33)25(4,5)6;/h9-15H,1-8H3;/q-2;+2. The molecule has 0 saturated heterocycles. The Morgan fingerprint density at radius 3 is 1.71 bits per heavy atom. The molecule has 0 aliphatic heterocycles. The summed E-state index contributed by atoms with van der Waals surface area (Å²) in [5.41, 5.74) is 2.10.